The fourth-order valence-corrected chi connectivity index (χ4v) is 1.96. The van der Waals surface area contributed by atoms with Crippen LogP contribution >= 0.6 is 0 Å². The highest BCUT2D eigenvalue weighted by molar-refractivity contribution is 5.92. The van der Waals surface area contributed by atoms with Crippen molar-refractivity contribution in [3.63, 3.8) is 0 Å². The standard InChI is InChI=1S/C15H22N2O3/c1-10-6-5-7-12(17-10)13(18)16-9-11(14(19)20)8-15(2,3)4/h5-7,11H,8-9H2,1-4H3,(H,16,18)(H,19,20). The SMILES string of the molecule is Cc1cccc(C(=O)NCC(CC(C)(C)C)C(=O)O)n1. The van der Waals surface area contributed by atoms with Gasteiger partial charge in [-0.3, -0.25) is 9.59 Å². The van der Waals surface area contributed by atoms with Gasteiger partial charge in [-0.1, -0.05) is 26.8 Å². The summed E-state index contributed by atoms with van der Waals surface area (Å²) in [5, 5.41) is 11.8. The number of carbonyl (C=O) groups excluding carboxylic acids is 1. The Morgan fingerprint density at radius 3 is 2.50 bits per heavy atom. The van der Waals surface area contributed by atoms with Gasteiger partial charge < -0.3 is 10.4 Å². The molecule has 5 nitrogen and oxygen atoms in total. The summed E-state index contributed by atoms with van der Waals surface area (Å²) >= 11 is 0. The fourth-order valence-electron chi connectivity index (χ4n) is 1.96. The minimum Gasteiger partial charge on any atom is -0.481 e. The number of rotatable bonds is 5. The molecule has 0 saturated heterocycles. The smallest absolute Gasteiger partial charge is 0.308 e. The summed E-state index contributed by atoms with van der Waals surface area (Å²) in [6, 6.07) is 5.17. The number of carboxylic acid groups (broad SMARTS) is 1. The Balaban J connectivity index is 2.64. The van der Waals surface area contributed by atoms with Gasteiger partial charge in [0.2, 0.25) is 0 Å². The van der Waals surface area contributed by atoms with Gasteiger partial charge in [-0.05, 0) is 30.9 Å². The molecule has 5 heteroatoms. The van der Waals surface area contributed by atoms with Crippen molar-refractivity contribution in [2.75, 3.05) is 6.54 Å². The van der Waals surface area contributed by atoms with Crippen LogP contribution in [-0.2, 0) is 4.79 Å². The van der Waals surface area contributed by atoms with Gasteiger partial charge in [-0.2, -0.15) is 0 Å². The van der Waals surface area contributed by atoms with Crippen molar-refractivity contribution >= 4 is 11.9 Å². The summed E-state index contributed by atoms with van der Waals surface area (Å²) in [4.78, 5) is 27.2. The second-order valence-corrected chi connectivity index (χ2v) is 6.17. The largest absolute Gasteiger partial charge is 0.481 e. The highest BCUT2D eigenvalue weighted by atomic mass is 16.4. The second kappa shape index (κ2) is 6.50. The predicted octanol–water partition coefficient (Wildman–Crippen LogP) is 2.26. The summed E-state index contributed by atoms with van der Waals surface area (Å²) in [5.74, 6) is -1.82. The zero-order valence-corrected chi connectivity index (χ0v) is 12.4. The van der Waals surface area contributed by atoms with E-state index in [0.29, 0.717) is 12.1 Å². The molecule has 1 heterocycles. The Hall–Kier alpha value is -1.91. The Kier molecular flexibility index (Phi) is 5.25. The molecule has 20 heavy (non-hydrogen) atoms. The van der Waals surface area contributed by atoms with Crippen LogP contribution in [0.3, 0.4) is 0 Å². The topological polar surface area (TPSA) is 79.3 Å². The third-order valence-electron chi connectivity index (χ3n) is 2.84. The van der Waals surface area contributed by atoms with Crippen LogP contribution in [-0.4, -0.2) is 28.5 Å². The lowest BCUT2D eigenvalue weighted by molar-refractivity contribution is -0.142. The predicted molar refractivity (Wildman–Crippen MR) is 76.5 cm³/mol. The third kappa shape index (κ3) is 5.38. The van der Waals surface area contributed by atoms with Gasteiger partial charge in [0.05, 0.1) is 5.92 Å². The number of aliphatic carboxylic acids is 1. The van der Waals surface area contributed by atoms with E-state index < -0.39 is 11.9 Å². The normalized spacial score (nSPS) is 12.8. The molecular formula is C15H22N2O3. The first-order valence-electron chi connectivity index (χ1n) is 6.64. The molecule has 0 radical (unpaired) electrons. The van der Waals surface area contributed by atoms with E-state index in [9.17, 15) is 14.7 Å². The van der Waals surface area contributed by atoms with Crippen molar-refractivity contribution in [3.8, 4) is 0 Å². The van der Waals surface area contributed by atoms with Crippen molar-refractivity contribution in [1.82, 2.24) is 10.3 Å². The van der Waals surface area contributed by atoms with Crippen molar-refractivity contribution in [3.05, 3.63) is 29.6 Å². The van der Waals surface area contributed by atoms with Gasteiger partial charge in [0.1, 0.15) is 5.69 Å². The first-order valence-corrected chi connectivity index (χ1v) is 6.64. The number of carbonyl (C=O) groups is 2. The van der Waals surface area contributed by atoms with Crippen LogP contribution in [0.5, 0.6) is 0 Å². The molecule has 0 spiro atoms. The lowest BCUT2D eigenvalue weighted by Crippen LogP contribution is -2.35. The molecular weight excluding hydrogens is 256 g/mol. The zero-order valence-electron chi connectivity index (χ0n) is 12.4. The summed E-state index contributed by atoms with van der Waals surface area (Å²) in [7, 11) is 0. The minimum atomic E-state index is -0.891. The first kappa shape index (κ1) is 16.1. The number of aromatic nitrogens is 1. The number of nitrogens with one attached hydrogen (secondary N) is 1. The maximum absolute atomic E-state index is 11.9. The maximum Gasteiger partial charge on any atom is 0.308 e. The summed E-state index contributed by atoms with van der Waals surface area (Å²) in [6.07, 6.45) is 0.504. The van der Waals surface area contributed by atoms with Gasteiger partial charge in [0.25, 0.3) is 5.91 Å². The molecule has 0 fully saturated rings. The zero-order chi connectivity index (χ0) is 15.3. The van der Waals surface area contributed by atoms with E-state index in [4.69, 9.17) is 0 Å². The molecule has 0 aliphatic rings. The molecule has 1 amide bonds. The highest BCUT2D eigenvalue weighted by Gasteiger charge is 2.25. The van der Waals surface area contributed by atoms with Crippen molar-refractivity contribution in [2.45, 2.75) is 34.1 Å². The van der Waals surface area contributed by atoms with Crippen LogP contribution in [0.15, 0.2) is 18.2 Å². The Labute approximate surface area is 119 Å². The van der Waals surface area contributed by atoms with Crippen LogP contribution in [0.2, 0.25) is 0 Å². The summed E-state index contributed by atoms with van der Waals surface area (Å²) in [5.41, 5.74) is 0.960. The molecule has 1 aromatic heterocycles. The molecule has 110 valence electrons. The van der Waals surface area contributed by atoms with Crippen LogP contribution < -0.4 is 5.32 Å². The van der Waals surface area contributed by atoms with Crippen molar-refractivity contribution in [1.29, 1.82) is 0 Å². The van der Waals surface area contributed by atoms with Gasteiger partial charge in [0.15, 0.2) is 0 Å². The average molecular weight is 278 g/mol. The van der Waals surface area contributed by atoms with Crippen LogP contribution in [0.25, 0.3) is 0 Å². The van der Waals surface area contributed by atoms with Crippen molar-refractivity contribution < 1.29 is 14.7 Å². The molecule has 0 aliphatic carbocycles. The molecule has 1 rings (SSSR count). The monoisotopic (exact) mass is 278 g/mol. The minimum absolute atomic E-state index is 0.102. The molecule has 2 N–H and O–H groups in total. The quantitative estimate of drug-likeness (QED) is 0.865. The van der Waals surface area contributed by atoms with E-state index in [1.807, 2.05) is 20.8 Å². The summed E-state index contributed by atoms with van der Waals surface area (Å²) in [6.45, 7) is 7.85. The van der Waals surface area contributed by atoms with Gasteiger partial charge in [-0.15, -0.1) is 0 Å². The number of hydrogen-bond donors (Lipinski definition) is 2. The molecule has 0 saturated carbocycles. The molecule has 0 aliphatic heterocycles. The van der Waals surface area contributed by atoms with Crippen LogP contribution in [0, 0.1) is 18.3 Å². The third-order valence-corrected chi connectivity index (χ3v) is 2.84. The Bertz CT molecular complexity index is 492. The van der Waals surface area contributed by atoms with E-state index in [1.54, 1.807) is 25.1 Å². The Morgan fingerprint density at radius 1 is 1.35 bits per heavy atom. The number of aryl methyl sites for hydroxylation is 1. The molecule has 1 aromatic rings. The molecule has 1 unspecified atom stereocenters. The fraction of sp³-hybridized carbons (Fsp3) is 0.533. The molecule has 1 atom stereocenters. The van der Waals surface area contributed by atoms with Gasteiger partial charge in [-0.25, -0.2) is 4.98 Å². The lowest BCUT2D eigenvalue weighted by atomic mass is 9.84. The Morgan fingerprint density at radius 2 is 2.00 bits per heavy atom. The average Bonchev–Trinajstić information content (AvgIpc) is 2.32. The summed E-state index contributed by atoms with van der Waals surface area (Å²) < 4.78 is 0. The van der Waals surface area contributed by atoms with Gasteiger partial charge in [0, 0.05) is 12.2 Å². The lowest BCUT2D eigenvalue weighted by Gasteiger charge is -2.23. The number of carboxylic acids is 1. The molecule has 0 bridgehead atoms. The van der Waals surface area contributed by atoms with Gasteiger partial charge >= 0.3 is 5.97 Å². The van der Waals surface area contributed by atoms with E-state index in [2.05, 4.69) is 10.3 Å². The number of hydrogen-bond acceptors (Lipinski definition) is 3. The van der Waals surface area contributed by atoms with Crippen LogP contribution in [0.4, 0.5) is 0 Å². The van der Waals surface area contributed by atoms with E-state index in [-0.39, 0.29) is 17.9 Å². The highest BCUT2D eigenvalue weighted by Crippen LogP contribution is 2.24. The van der Waals surface area contributed by atoms with E-state index in [0.717, 1.165) is 5.69 Å². The van der Waals surface area contributed by atoms with Crippen LogP contribution in [0.1, 0.15) is 43.4 Å². The number of pyridine rings is 1. The van der Waals surface area contributed by atoms with E-state index >= 15 is 0 Å². The number of amides is 1. The van der Waals surface area contributed by atoms with E-state index in [1.165, 1.54) is 0 Å². The maximum atomic E-state index is 11.9. The molecule has 0 aromatic carbocycles. The first-order chi connectivity index (χ1) is 9.19. The number of nitrogens with zero attached hydrogens (tertiary/aromatic N) is 1. The van der Waals surface area contributed by atoms with Crippen molar-refractivity contribution in [2.24, 2.45) is 11.3 Å². The second-order valence-electron chi connectivity index (χ2n) is 6.17.